The third kappa shape index (κ3) is 2.86. The smallest absolute Gasteiger partial charge is 0.310 e. The van der Waals surface area contributed by atoms with E-state index in [0.717, 1.165) is 32.6 Å². The van der Waals surface area contributed by atoms with E-state index in [1.165, 1.54) is 18.2 Å². The fourth-order valence-electron chi connectivity index (χ4n) is 2.84. The van der Waals surface area contributed by atoms with E-state index in [1.54, 1.807) is 11.3 Å². The molecule has 3 aromatic rings. The van der Waals surface area contributed by atoms with Crippen LogP contribution in [0, 0.1) is 20.8 Å². The third-order valence-electron chi connectivity index (χ3n) is 4.10. The van der Waals surface area contributed by atoms with E-state index in [2.05, 4.69) is 43.5 Å². The Balaban J connectivity index is 2.33. The fraction of sp³-hybridized carbons (Fsp3) is 0.263. The van der Waals surface area contributed by atoms with Crippen molar-refractivity contribution in [1.82, 2.24) is 4.98 Å². The number of nitrogens with zero attached hydrogens (tertiary/aromatic N) is 1. The topological polar surface area (TPSA) is 39.2 Å². The summed E-state index contributed by atoms with van der Waals surface area (Å²) >= 11 is 1.65. The van der Waals surface area contributed by atoms with Crippen molar-refractivity contribution in [3.05, 3.63) is 52.0 Å². The van der Waals surface area contributed by atoms with Crippen LogP contribution in [0.25, 0.3) is 21.3 Å². The molecule has 0 aliphatic rings. The maximum Gasteiger partial charge on any atom is 0.310 e. The predicted molar refractivity (Wildman–Crippen MR) is 95.0 cm³/mol. The van der Waals surface area contributed by atoms with Gasteiger partial charge in [-0.25, -0.2) is 4.98 Å². The van der Waals surface area contributed by atoms with Crippen molar-refractivity contribution in [3.63, 3.8) is 0 Å². The SMILES string of the molecule is COC(=O)Cc1c(C)nc2scc(C)c2c1-c1ccc(C)cc1. The number of methoxy groups -OCH3 is 1. The zero-order valence-corrected chi connectivity index (χ0v) is 14.6. The van der Waals surface area contributed by atoms with Crippen molar-refractivity contribution in [2.45, 2.75) is 27.2 Å². The first-order valence-corrected chi connectivity index (χ1v) is 8.40. The number of aryl methyl sites for hydroxylation is 3. The molecule has 0 saturated carbocycles. The van der Waals surface area contributed by atoms with Gasteiger partial charge in [0, 0.05) is 11.1 Å². The first-order chi connectivity index (χ1) is 11.0. The lowest BCUT2D eigenvalue weighted by molar-refractivity contribution is -0.139. The highest BCUT2D eigenvalue weighted by Crippen LogP contribution is 2.38. The van der Waals surface area contributed by atoms with Crippen LogP contribution in [-0.2, 0) is 16.0 Å². The molecule has 3 rings (SSSR count). The van der Waals surface area contributed by atoms with Gasteiger partial charge in [0.15, 0.2) is 0 Å². The highest BCUT2D eigenvalue weighted by Gasteiger charge is 2.19. The zero-order valence-electron chi connectivity index (χ0n) is 13.8. The summed E-state index contributed by atoms with van der Waals surface area (Å²) in [6.07, 6.45) is 0.240. The summed E-state index contributed by atoms with van der Waals surface area (Å²) in [6, 6.07) is 8.42. The van der Waals surface area contributed by atoms with Crippen LogP contribution in [0.5, 0.6) is 0 Å². The quantitative estimate of drug-likeness (QED) is 0.660. The van der Waals surface area contributed by atoms with Crippen LogP contribution in [0.3, 0.4) is 0 Å². The molecule has 0 aliphatic carbocycles. The van der Waals surface area contributed by atoms with Gasteiger partial charge < -0.3 is 4.74 Å². The van der Waals surface area contributed by atoms with E-state index in [9.17, 15) is 4.79 Å². The summed E-state index contributed by atoms with van der Waals surface area (Å²) in [7, 11) is 1.42. The molecule has 1 aromatic carbocycles. The van der Waals surface area contributed by atoms with Crippen LogP contribution in [-0.4, -0.2) is 18.1 Å². The van der Waals surface area contributed by atoms with Gasteiger partial charge in [0.1, 0.15) is 4.83 Å². The summed E-state index contributed by atoms with van der Waals surface area (Å²) in [5, 5.41) is 3.26. The number of aromatic nitrogens is 1. The number of hydrogen-bond donors (Lipinski definition) is 0. The van der Waals surface area contributed by atoms with Gasteiger partial charge in [-0.3, -0.25) is 4.79 Å². The molecule has 2 heterocycles. The summed E-state index contributed by atoms with van der Waals surface area (Å²) < 4.78 is 4.88. The maximum atomic E-state index is 11.9. The molecule has 0 spiro atoms. The van der Waals surface area contributed by atoms with Crippen LogP contribution in [0.4, 0.5) is 0 Å². The fourth-order valence-corrected chi connectivity index (χ4v) is 3.82. The van der Waals surface area contributed by atoms with E-state index < -0.39 is 0 Å². The molecular weight excluding hydrogens is 306 g/mol. The molecule has 0 radical (unpaired) electrons. The second kappa shape index (κ2) is 6.13. The number of carbonyl (C=O) groups excluding carboxylic acids is 1. The summed E-state index contributed by atoms with van der Waals surface area (Å²) in [4.78, 5) is 17.6. The first kappa shape index (κ1) is 15.7. The molecule has 0 amide bonds. The molecule has 0 fully saturated rings. The van der Waals surface area contributed by atoms with E-state index in [4.69, 9.17) is 9.72 Å². The van der Waals surface area contributed by atoms with Crippen LogP contribution in [0.1, 0.15) is 22.4 Å². The van der Waals surface area contributed by atoms with Gasteiger partial charge in [-0.05, 0) is 48.4 Å². The van der Waals surface area contributed by atoms with E-state index >= 15 is 0 Å². The van der Waals surface area contributed by atoms with Gasteiger partial charge in [0.25, 0.3) is 0 Å². The molecular formula is C19H19NO2S. The van der Waals surface area contributed by atoms with Crippen LogP contribution in [0.2, 0.25) is 0 Å². The normalized spacial score (nSPS) is 11.0. The van der Waals surface area contributed by atoms with Crippen molar-refractivity contribution in [2.75, 3.05) is 7.11 Å². The molecule has 2 aromatic heterocycles. The lowest BCUT2D eigenvalue weighted by Gasteiger charge is -2.14. The van der Waals surface area contributed by atoms with Gasteiger partial charge in [-0.2, -0.15) is 0 Å². The number of esters is 1. The second-order valence-corrected chi connectivity index (χ2v) is 6.63. The van der Waals surface area contributed by atoms with Crippen LogP contribution >= 0.6 is 11.3 Å². The summed E-state index contributed by atoms with van der Waals surface area (Å²) in [5.74, 6) is -0.240. The van der Waals surface area contributed by atoms with Crippen molar-refractivity contribution in [2.24, 2.45) is 0 Å². The zero-order chi connectivity index (χ0) is 16.6. The Hall–Kier alpha value is -2.20. The molecule has 3 nitrogen and oxygen atoms in total. The minimum absolute atomic E-state index is 0.240. The van der Waals surface area contributed by atoms with Gasteiger partial charge in [-0.15, -0.1) is 11.3 Å². The lowest BCUT2D eigenvalue weighted by Crippen LogP contribution is -2.08. The average molecular weight is 325 g/mol. The van der Waals surface area contributed by atoms with Crippen molar-refractivity contribution < 1.29 is 9.53 Å². The van der Waals surface area contributed by atoms with Crippen LogP contribution < -0.4 is 0 Å². The Morgan fingerprint density at radius 1 is 1.17 bits per heavy atom. The number of thiophene rings is 1. The molecule has 4 heteroatoms. The molecule has 0 unspecified atom stereocenters. The number of carbonyl (C=O) groups is 1. The maximum absolute atomic E-state index is 11.9. The van der Waals surface area contributed by atoms with Crippen molar-refractivity contribution >= 4 is 27.5 Å². The van der Waals surface area contributed by atoms with Crippen molar-refractivity contribution in [3.8, 4) is 11.1 Å². The minimum atomic E-state index is -0.240. The highest BCUT2D eigenvalue weighted by atomic mass is 32.1. The molecule has 0 saturated heterocycles. The Morgan fingerprint density at radius 2 is 1.87 bits per heavy atom. The van der Waals surface area contributed by atoms with Crippen LogP contribution in [0.15, 0.2) is 29.6 Å². The highest BCUT2D eigenvalue weighted by molar-refractivity contribution is 7.17. The van der Waals surface area contributed by atoms with E-state index in [-0.39, 0.29) is 12.4 Å². The van der Waals surface area contributed by atoms with Gasteiger partial charge in [0.05, 0.1) is 13.5 Å². The lowest BCUT2D eigenvalue weighted by atomic mass is 9.92. The average Bonchev–Trinajstić information content (AvgIpc) is 2.89. The Morgan fingerprint density at radius 3 is 2.52 bits per heavy atom. The predicted octanol–water partition coefficient (Wildman–Crippen LogP) is 4.60. The second-order valence-electron chi connectivity index (χ2n) is 5.77. The summed E-state index contributed by atoms with van der Waals surface area (Å²) in [5.41, 5.74) is 6.48. The molecule has 0 aliphatic heterocycles. The number of pyridine rings is 1. The third-order valence-corrected chi connectivity index (χ3v) is 5.09. The molecule has 0 N–H and O–H groups in total. The van der Waals surface area contributed by atoms with Gasteiger partial charge in [-0.1, -0.05) is 29.8 Å². The minimum Gasteiger partial charge on any atom is -0.469 e. The number of rotatable bonds is 3. The van der Waals surface area contributed by atoms with E-state index in [1.807, 2.05) is 6.92 Å². The van der Waals surface area contributed by atoms with Crippen molar-refractivity contribution in [1.29, 1.82) is 0 Å². The number of ether oxygens (including phenoxy) is 1. The number of hydrogen-bond acceptors (Lipinski definition) is 4. The first-order valence-electron chi connectivity index (χ1n) is 7.52. The Labute approximate surface area is 139 Å². The summed E-state index contributed by atoms with van der Waals surface area (Å²) in [6.45, 7) is 6.13. The molecule has 0 atom stereocenters. The van der Waals surface area contributed by atoms with Gasteiger partial charge >= 0.3 is 5.97 Å². The number of benzene rings is 1. The largest absolute Gasteiger partial charge is 0.469 e. The van der Waals surface area contributed by atoms with Gasteiger partial charge in [0.2, 0.25) is 0 Å². The number of fused-ring (bicyclic) bond motifs is 1. The monoisotopic (exact) mass is 325 g/mol. The van der Waals surface area contributed by atoms with E-state index in [0.29, 0.717) is 0 Å². The molecule has 0 bridgehead atoms. The molecule has 118 valence electrons. The Kier molecular flexibility index (Phi) is 4.18. The molecule has 23 heavy (non-hydrogen) atoms. The Bertz CT molecular complexity index is 879. The standard InChI is InChI=1S/C19H19NO2S/c1-11-5-7-14(8-6-11)18-15(9-16(21)22-4)13(3)20-19-17(18)12(2)10-23-19/h5-8,10H,9H2,1-4H3.